The van der Waals surface area contributed by atoms with Crippen molar-refractivity contribution in [1.82, 2.24) is 14.8 Å². The molecule has 2 saturated heterocycles. The molecule has 2 fully saturated rings. The summed E-state index contributed by atoms with van der Waals surface area (Å²) >= 11 is 6.43. The molecule has 34 heavy (non-hydrogen) atoms. The number of halogens is 1. The van der Waals surface area contributed by atoms with Crippen LogP contribution in [0.15, 0.2) is 24.4 Å². The molecule has 2 atom stereocenters. The second-order valence-electron chi connectivity index (χ2n) is 9.44. The van der Waals surface area contributed by atoms with Gasteiger partial charge in [-0.15, -0.1) is 0 Å². The van der Waals surface area contributed by atoms with E-state index in [1.165, 1.54) is 0 Å². The molecule has 2 aliphatic rings. The molecule has 0 spiro atoms. The number of aromatic nitrogens is 1. The Morgan fingerprint density at radius 2 is 2.00 bits per heavy atom. The zero-order valence-corrected chi connectivity index (χ0v) is 21.1. The largest absolute Gasteiger partial charge is 0.368 e. The second-order valence-corrected chi connectivity index (χ2v) is 9.87. The third-order valence-electron chi connectivity index (χ3n) is 6.92. The van der Waals surface area contributed by atoms with Crippen LogP contribution in [0.4, 0.5) is 5.69 Å². The van der Waals surface area contributed by atoms with Crippen LogP contribution in [0.5, 0.6) is 0 Å². The highest BCUT2D eigenvalue weighted by Gasteiger charge is 2.34. The summed E-state index contributed by atoms with van der Waals surface area (Å²) in [5.41, 5.74) is 5.15. The Kier molecular flexibility index (Phi) is 7.55. The van der Waals surface area contributed by atoms with Gasteiger partial charge < -0.3 is 15.0 Å². The maximum absolute atomic E-state index is 12.8. The minimum atomic E-state index is -0.275. The van der Waals surface area contributed by atoms with Gasteiger partial charge in [0, 0.05) is 61.4 Å². The van der Waals surface area contributed by atoms with Crippen LogP contribution >= 0.6 is 11.6 Å². The zero-order valence-electron chi connectivity index (χ0n) is 20.4. The smallest absolute Gasteiger partial charge is 0.257 e. The third kappa shape index (κ3) is 5.43. The summed E-state index contributed by atoms with van der Waals surface area (Å²) in [4.78, 5) is 34.2. The molecule has 2 aromatic rings. The van der Waals surface area contributed by atoms with Crippen LogP contribution in [0.3, 0.4) is 0 Å². The average Bonchev–Trinajstić information content (AvgIpc) is 3.33. The number of nitrogens with one attached hydrogen (secondary N) is 1. The molecule has 2 amide bonds. The molecule has 4 rings (SSSR count). The first-order chi connectivity index (χ1) is 16.2. The Labute approximate surface area is 206 Å². The van der Waals surface area contributed by atoms with Crippen molar-refractivity contribution in [2.24, 2.45) is 0 Å². The lowest BCUT2D eigenvalue weighted by Crippen LogP contribution is -2.55. The van der Waals surface area contributed by atoms with Gasteiger partial charge in [-0.2, -0.15) is 0 Å². The number of nitrogens with zero attached hydrogens (tertiary/aromatic N) is 3. The minimum absolute atomic E-state index is 0.112. The standard InChI is InChI=1S/C26H33ClN4O3/c1-16-10-20(13-28-19(16)4)25(32)29-23-12-22(27)11-21(18(23)3)15-30-7-8-31(17(2)14-30)26(33)24-6-5-9-34-24/h10-13,17,24H,5-9,14-15H2,1-4H3,(H,29,32)/t17-,24+/m0/s1. The molecule has 2 aliphatic heterocycles. The maximum atomic E-state index is 12.8. The summed E-state index contributed by atoms with van der Waals surface area (Å²) < 4.78 is 5.60. The van der Waals surface area contributed by atoms with Crippen molar-refractivity contribution in [3.05, 3.63) is 57.4 Å². The number of carbonyl (C=O) groups is 2. The molecule has 0 bridgehead atoms. The molecule has 1 aromatic carbocycles. The van der Waals surface area contributed by atoms with Crippen molar-refractivity contribution < 1.29 is 14.3 Å². The van der Waals surface area contributed by atoms with E-state index in [-0.39, 0.29) is 24.0 Å². The van der Waals surface area contributed by atoms with Gasteiger partial charge in [0.05, 0.1) is 5.56 Å². The van der Waals surface area contributed by atoms with Gasteiger partial charge in [-0.3, -0.25) is 19.5 Å². The van der Waals surface area contributed by atoms with Gasteiger partial charge in [0.15, 0.2) is 0 Å². The number of hydrogen-bond acceptors (Lipinski definition) is 5. The van der Waals surface area contributed by atoms with Crippen LogP contribution in [0.1, 0.15) is 52.5 Å². The first-order valence-corrected chi connectivity index (χ1v) is 12.3. The number of piperazine rings is 1. The van der Waals surface area contributed by atoms with Crippen LogP contribution in [0, 0.1) is 20.8 Å². The van der Waals surface area contributed by atoms with Crippen molar-refractivity contribution in [1.29, 1.82) is 0 Å². The van der Waals surface area contributed by atoms with Gasteiger partial charge in [0.1, 0.15) is 6.10 Å². The average molecular weight is 485 g/mol. The number of ether oxygens (including phenoxy) is 1. The molecule has 3 heterocycles. The number of carbonyl (C=O) groups excluding carboxylic acids is 2. The quantitative estimate of drug-likeness (QED) is 0.690. The number of hydrogen-bond donors (Lipinski definition) is 1. The van der Waals surface area contributed by atoms with E-state index in [1.807, 2.05) is 37.8 Å². The van der Waals surface area contributed by atoms with E-state index in [1.54, 1.807) is 12.3 Å². The molecule has 0 radical (unpaired) electrons. The van der Waals surface area contributed by atoms with Crippen LogP contribution in [-0.4, -0.2) is 65.0 Å². The summed E-state index contributed by atoms with van der Waals surface area (Å²) in [6.07, 6.45) is 3.10. The second kappa shape index (κ2) is 10.4. The summed E-state index contributed by atoms with van der Waals surface area (Å²) in [6.45, 7) is 11.6. The number of aryl methyl sites for hydroxylation is 2. The van der Waals surface area contributed by atoms with E-state index in [9.17, 15) is 9.59 Å². The van der Waals surface area contributed by atoms with Gasteiger partial charge in [-0.1, -0.05) is 11.6 Å². The fraction of sp³-hybridized carbons (Fsp3) is 0.500. The lowest BCUT2D eigenvalue weighted by atomic mass is 10.0. The predicted molar refractivity (Wildman–Crippen MR) is 133 cm³/mol. The fourth-order valence-corrected chi connectivity index (χ4v) is 4.93. The predicted octanol–water partition coefficient (Wildman–Crippen LogP) is 4.12. The van der Waals surface area contributed by atoms with Crippen molar-refractivity contribution in [2.45, 2.75) is 59.2 Å². The Bertz CT molecular complexity index is 1080. The van der Waals surface area contributed by atoms with Gasteiger partial charge in [0.2, 0.25) is 0 Å². The van der Waals surface area contributed by atoms with E-state index in [2.05, 4.69) is 22.1 Å². The van der Waals surface area contributed by atoms with E-state index in [4.69, 9.17) is 16.3 Å². The van der Waals surface area contributed by atoms with Gasteiger partial charge in [0.25, 0.3) is 11.8 Å². The molecule has 0 saturated carbocycles. The fourth-order valence-electron chi connectivity index (χ4n) is 4.69. The summed E-state index contributed by atoms with van der Waals surface area (Å²) in [7, 11) is 0. The maximum Gasteiger partial charge on any atom is 0.257 e. The molecule has 0 unspecified atom stereocenters. The lowest BCUT2D eigenvalue weighted by Gasteiger charge is -2.41. The summed E-state index contributed by atoms with van der Waals surface area (Å²) in [5, 5.41) is 3.58. The molecule has 8 heteroatoms. The normalized spacial score (nSPS) is 21.0. The highest BCUT2D eigenvalue weighted by atomic mass is 35.5. The molecule has 1 aromatic heterocycles. The molecule has 182 valence electrons. The number of amides is 2. The highest BCUT2D eigenvalue weighted by Crippen LogP contribution is 2.28. The minimum Gasteiger partial charge on any atom is -0.368 e. The van der Waals surface area contributed by atoms with Crippen LogP contribution in [0.2, 0.25) is 5.02 Å². The Morgan fingerprint density at radius 3 is 2.68 bits per heavy atom. The number of benzene rings is 1. The van der Waals surface area contributed by atoms with Crippen molar-refractivity contribution in [2.75, 3.05) is 31.6 Å². The van der Waals surface area contributed by atoms with Crippen LogP contribution < -0.4 is 5.32 Å². The van der Waals surface area contributed by atoms with Gasteiger partial charge >= 0.3 is 0 Å². The first-order valence-electron chi connectivity index (χ1n) is 11.9. The summed E-state index contributed by atoms with van der Waals surface area (Å²) in [6, 6.07) is 5.70. The summed E-state index contributed by atoms with van der Waals surface area (Å²) in [5.74, 6) is -0.0868. The number of pyridine rings is 1. The molecule has 0 aliphatic carbocycles. The van der Waals surface area contributed by atoms with Crippen LogP contribution in [-0.2, 0) is 16.1 Å². The topological polar surface area (TPSA) is 74.8 Å². The zero-order chi connectivity index (χ0) is 24.4. The van der Waals surface area contributed by atoms with Crippen molar-refractivity contribution in [3.8, 4) is 0 Å². The third-order valence-corrected chi connectivity index (χ3v) is 7.14. The first kappa shape index (κ1) is 24.6. The van der Waals surface area contributed by atoms with Crippen molar-refractivity contribution in [3.63, 3.8) is 0 Å². The van der Waals surface area contributed by atoms with E-state index in [0.717, 1.165) is 48.3 Å². The van der Waals surface area contributed by atoms with E-state index >= 15 is 0 Å². The molecular formula is C26H33ClN4O3. The van der Waals surface area contributed by atoms with E-state index in [0.29, 0.717) is 36.0 Å². The monoisotopic (exact) mass is 484 g/mol. The SMILES string of the molecule is Cc1cc(C(=O)Nc2cc(Cl)cc(CN3CCN(C(=O)[C@H]4CCCO4)[C@@H](C)C3)c2C)cnc1C. The Morgan fingerprint density at radius 1 is 1.21 bits per heavy atom. The lowest BCUT2D eigenvalue weighted by molar-refractivity contribution is -0.145. The van der Waals surface area contributed by atoms with Gasteiger partial charge in [-0.05, 0) is 75.4 Å². The van der Waals surface area contributed by atoms with E-state index < -0.39 is 0 Å². The highest BCUT2D eigenvalue weighted by molar-refractivity contribution is 6.31. The Hall–Kier alpha value is -2.48. The van der Waals surface area contributed by atoms with Gasteiger partial charge in [-0.25, -0.2) is 0 Å². The Balaban J connectivity index is 1.43. The molecule has 1 N–H and O–H groups in total. The number of rotatable bonds is 5. The number of anilines is 1. The van der Waals surface area contributed by atoms with Crippen molar-refractivity contribution >= 4 is 29.1 Å². The molecular weight excluding hydrogens is 452 g/mol. The van der Waals surface area contributed by atoms with Crippen LogP contribution in [0.25, 0.3) is 0 Å². The molecule has 7 nitrogen and oxygen atoms in total.